The lowest BCUT2D eigenvalue weighted by molar-refractivity contribution is -0.0924. The lowest BCUT2D eigenvalue weighted by Crippen LogP contribution is -2.39. The predicted molar refractivity (Wildman–Crippen MR) is 148 cm³/mol. The van der Waals surface area contributed by atoms with E-state index in [9.17, 15) is 18.4 Å². The summed E-state index contributed by atoms with van der Waals surface area (Å²) >= 11 is 0. The summed E-state index contributed by atoms with van der Waals surface area (Å²) in [7, 11) is 0. The van der Waals surface area contributed by atoms with E-state index in [4.69, 9.17) is 9.15 Å². The van der Waals surface area contributed by atoms with E-state index < -0.39 is 11.9 Å². The van der Waals surface area contributed by atoms with Crippen LogP contribution in [0.3, 0.4) is 0 Å². The van der Waals surface area contributed by atoms with Crippen molar-refractivity contribution in [2.24, 2.45) is 10.9 Å². The number of nitriles is 1. The van der Waals surface area contributed by atoms with Gasteiger partial charge in [-0.05, 0) is 60.6 Å². The summed E-state index contributed by atoms with van der Waals surface area (Å²) < 4.78 is 51.6. The molecule has 1 aromatic heterocycles. The highest BCUT2D eigenvalue weighted by atomic mass is 19.4. The van der Waals surface area contributed by atoms with Crippen molar-refractivity contribution in [1.29, 1.82) is 5.26 Å². The van der Waals surface area contributed by atoms with Gasteiger partial charge < -0.3 is 14.1 Å². The number of hydrogen-bond donors (Lipinski definition) is 0. The Morgan fingerprint density at radius 3 is 2.58 bits per heavy atom. The lowest BCUT2D eigenvalue weighted by Gasteiger charge is -2.34. The second-order valence-corrected chi connectivity index (χ2v) is 10.6. The standard InChI is InChI=1S/C31H31F3N4O2/c1-20(2)25-15-23(17-35)16-26-29(25)40-30(36-26)24-9-7-21(8-10-24)18-39-19-22-11-13-38(14-12-22)28-6-4-3-5-27(37-28)31(32,33)34/h3-5,7-10,15-16,20,22H,6,11-14,18-19H2,1-2H3. The summed E-state index contributed by atoms with van der Waals surface area (Å²) in [5.74, 6) is 1.54. The van der Waals surface area contributed by atoms with Gasteiger partial charge in [-0.25, -0.2) is 9.98 Å². The number of aromatic nitrogens is 1. The van der Waals surface area contributed by atoms with Crippen LogP contribution in [0.4, 0.5) is 13.2 Å². The Bertz CT molecular complexity index is 1490. The minimum atomic E-state index is -4.45. The zero-order chi connectivity index (χ0) is 28.3. The molecule has 9 heteroatoms. The van der Waals surface area contributed by atoms with Crippen LogP contribution in [-0.2, 0) is 11.3 Å². The van der Waals surface area contributed by atoms with Crippen LogP contribution in [0, 0.1) is 17.2 Å². The summed E-state index contributed by atoms with van der Waals surface area (Å²) in [4.78, 5) is 10.5. The van der Waals surface area contributed by atoms with Crippen molar-refractivity contribution >= 4 is 16.9 Å². The zero-order valence-electron chi connectivity index (χ0n) is 22.5. The van der Waals surface area contributed by atoms with E-state index in [1.807, 2.05) is 35.2 Å². The van der Waals surface area contributed by atoms with Gasteiger partial charge in [-0.2, -0.15) is 18.4 Å². The number of fused-ring (bicyclic) bond motifs is 1. The Morgan fingerprint density at radius 1 is 1.15 bits per heavy atom. The number of likely N-dealkylation sites (tertiary alicyclic amines) is 1. The molecule has 2 aliphatic rings. The predicted octanol–water partition coefficient (Wildman–Crippen LogP) is 7.52. The number of benzene rings is 2. The maximum atomic E-state index is 13.2. The number of alkyl halides is 3. The number of oxazole rings is 1. The first-order chi connectivity index (χ1) is 19.2. The maximum absolute atomic E-state index is 13.2. The average molecular weight is 549 g/mol. The number of aliphatic imine (C=N–C) groups is 1. The minimum Gasteiger partial charge on any atom is -0.436 e. The van der Waals surface area contributed by atoms with Gasteiger partial charge in [0.15, 0.2) is 5.58 Å². The smallest absolute Gasteiger partial charge is 0.433 e. The number of amidine groups is 1. The molecule has 0 unspecified atom stereocenters. The molecule has 0 saturated carbocycles. The molecule has 40 heavy (non-hydrogen) atoms. The average Bonchev–Trinajstić information content (AvgIpc) is 3.20. The highest BCUT2D eigenvalue weighted by Crippen LogP contribution is 2.32. The topological polar surface area (TPSA) is 74.7 Å². The SMILES string of the molecule is CC(C)c1cc(C#N)cc2nc(-c3ccc(COCC4CCN(C5=NC(C(F)(F)F)=CC=CC5)CC4)cc3)oc12. The van der Waals surface area contributed by atoms with Crippen LogP contribution in [0.2, 0.25) is 0 Å². The largest absolute Gasteiger partial charge is 0.436 e. The highest BCUT2D eigenvalue weighted by Gasteiger charge is 2.35. The fraction of sp³-hybridized carbons (Fsp3) is 0.387. The molecule has 0 spiro atoms. The summed E-state index contributed by atoms with van der Waals surface area (Å²) in [6, 6.07) is 13.7. The summed E-state index contributed by atoms with van der Waals surface area (Å²) in [5.41, 5.74) is 3.94. The third-order valence-corrected chi connectivity index (χ3v) is 7.30. The van der Waals surface area contributed by atoms with Gasteiger partial charge in [-0.1, -0.05) is 38.1 Å². The van der Waals surface area contributed by atoms with Crippen molar-refractivity contribution in [3.05, 3.63) is 77.0 Å². The molecular weight excluding hydrogens is 517 g/mol. The van der Waals surface area contributed by atoms with Crippen LogP contribution in [-0.4, -0.2) is 41.6 Å². The Labute approximate surface area is 231 Å². The van der Waals surface area contributed by atoms with Crippen LogP contribution >= 0.6 is 0 Å². The molecule has 1 fully saturated rings. The van der Waals surface area contributed by atoms with Crippen molar-refractivity contribution in [3.63, 3.8) is 0 Å². The van der Waals surface area contributed by atoms with E-state index in [2.05, 4.69) is 29.9 Å². The first-order valence-electron chi connectivity index (χ1n) is 13.5. The summed E-state index contributed by atoms with van der Waals surface area (Å²) in [5, 5.41) is 9.35. The number of halogens is 3. The van der Waals surface area contributed by atoms with Gasteiger partial charge in [0.25, 0.3) is 0 Å². The Balaban J connectivity index is 1.14. The molecule has 2 aliphatic heterocycles. The quantitative estimate of drug-likeness (QED) is 0.318. The van der Waals surface area contributed by atoms with Crippen LogP contribution in [0.15, 0.2) is 69.7 Å². The molecular formula is C31H31F3N4O2. The summed E-state index contributed by atoms with van der Waals surface area (Å²) in [6.45, 7) is 6.52. The zero-order valence-corrected chi connectivity index (χ0v) is 22.5. The maximum Gasteiger partial charge on any atom is 0.433 e. The Kier molecular flexibility index (Phi) is 8.08. The molecule has 0 amide bonds. The monoisotopic (exact) mass is 548 g/mol. The van der Waals surface area contributed by atoms with E-state index in [1.165, 1.54) is 6.08 Å². The van der Waals surface area contributed by atoms with E-state index in [-0.39, 0.29) is 5.92 Å². The highest BCUT2D eigenvalue weighted by molar-refractivity contribution is 5.85. The first-order valence-corrected chi connectivity index (χ1v) is 13.5. The Morgan fingerprint density at radius 2 is 1.90 bits per heavy atom. The molecule has 0 aliphatic carbocycles. The van der Waals surface area contributed by atoms with Gasteiger partial charge in [0, 0.05) is 37.2 Å². The summed E-state index contributed by atoms with van der Waals surface area (Å²) in [6.07, 6.45) is 1.81. The second kappa shape index (κ2) is 11.7. The van der Waals surface area contributed by atoms with Crippen molar-refractivity contribution in [3.8, 4) is 17.5 Å². The molecule has 3 heterocycles. The van der Waals surface area contributed by atoms with Gasteiger partial charge in [0.1, 0.15) is 17.0 Å². The van der Waals surface area contributed by atoms with E-state index >= 15 is 0 Å². The number of hydrogen-bond acceptors (Lipinski definition) is 6. The van der Waals surface area contributed by atoms with Gasteiger partial charge in [0.2, 0.25) is 5.89 Å². The van der Waals surface area contributed by atoms with E-state index in [0.717, 1.165) is 35.6 Å². The van der Waals surface area contributed by atoms with Crippen molar-refractivity contribution in [2.75, 3.05) is 19.7 Å². The van der Waals surface area contributed by atoms with Crippen LogP contribution < -0.4 is 0 Å². The van der Waals surface area contributed by atoms with Crippen molar-refractivity contribution in [2.45, 2.75) is 51.8 Å². The number of piperidine rings is 1. The van der Waals surface area contributed by atoms with Crippen molar-refractivity contribution in [1.82, 2.24) is 9.88 Å². The van der Waals surface area contributed by atoms with Crippen LogP contribution in [0.5, 0.6) is 0 Å². The molecule has 0 N–H and O–H groups in total. The molecule has 0 radical (unpaired) electrons. The van der Waals surface area contributed by atoms with Crippen LogP contribution in [0.25, 0.3) is 22.6 Å². The van der Waals surface area contributed by atoms with Gasteiger partial charge in [-0.15, -0.1) is 0 Å². The van der Waals surface area contributed by atoms with Gasteiger partial charge in [-0.3, -0.25) is 0 Å². The lowest BCUT2D eigenvalue weighted by atomic mass is 9.97. The van der Waals surface area contributed by atoms with E-state index in [1.54, 1.807) is 12.1 Å². The molecule has 6 nitrogen and oxygen atoms in total. The van der Waals surface area contributed by atoms with E-state index in [0.29, 0.717) is 67.0 Å². The van der Waals surface area contributed by atoms with Crippen molar-refractivity contribution < 1.29 is 22.3 Å². The van der Waals surface area contributed by atoms with Gasteiger partial charge >= 0.3 is 6.18 Å². The molecule has 5 rings (SSSR count). The number of nitrogens with zero attached hydrogens (tertiary/aromatic N) is 4. The molecule has 0 bridgehead atoms. The Hall–Kier alpha value is -3.90. The van der Waals surface area contributed by atoms with Crippen LogP contribution in [0.1, 0.15) is 55.7 Å². The molecule has 3 aromatic rings. The number of ether oxygens (including phenoxy) is 1. The third kappa shape index (κ3) is 6.28. The fourth-order valence-electron chi connectivity index (χ4n) is 5.03. The third-order valence-electron chi connectivity index (χ3n) is 7.30. The first kappa shape index (κ1) is 27.7. The molecule has 208 valence electrons. The molecule has 0 atom stereocenters. The second-order valence-electron chi connectivity index (χ2n) is 10.6. The molecule has 2 aromatic carbocycles. The molecule has 1 saturated heterocycles. The fourth-order valence-corrected chi connectivity index (χ4v) is 5.03. The normalized spacial score (nSPS) is 16.7. The number of rotatable bonds is 6. The minimum absolute atomic E-state index is 0.200. The van der Waals surface area contributed by atoms with Gasteiger partial charge in [0.05, 0.1) is 18.2 Å². The number of allylic oxidation sites excluding steroid dienone is 3.